The normalized spacial score (nSPS) is 11.9. The number of hydrogen-bond acceptors (Lipinski definition) is 5. The summed E-state index contributed by atoms with van der Waals surface area (Å²) in [7, 11) is 0.613. The summed E-state index contributed by atoms with van der Waals surface area (Å²) in [4.78, 5) is 11.4. The molecule has 1 atom stereocenters. The SMILES string of the molecule is CNc1ccc(CNCC[S@](=O)c2ccccc2)cc1[N+](=O)[O-]. The quantitative estimate of drug-likeness (QED) is 0.440. The molecule has 0 fully saturated rings. The summed E-state index contributed by atoms with van der Waals surface area (Å²) in [5, 5.41) is 17.0. The van der Waals surface area contributed by atoms with E-state index in [0.717, 1.165) is 10.5 Å². The lowest BCUT2D eigenvalue weighted by Gasteiger charge is -2.07. The van der Waals surface area contributed by atoms with Crippen molar-refractivity contribution < 1.29 is 9.13 Å². The van der Waals surface area contributed by atoms with Crippen molar-refractivity contribution >= 4 is 22.2 Å². The van der Waals surface area contributed by atoms with Crippen LogP contribution < -0.4 is 10.6 Å². The average Bonchev–Trinajstić information content (AvgIpc) is 2.59. The minimum atomic E-state index is -1.04. The van der Waals surface area contributed by atoms with Crippen molar-refractivity contribution in [3.8, 4) is 0 Å². The van der Waals surface area contributed by atoms with Gasteiger partial charge in [0.2, 0.25) is 0 Å². The second-order valence-electron chi connectivity index (χ2n) is 4.90. The summed E-state index contributed by atoms with van der Waals surface area (Å²) in [6, 6.07) is 14.4. The molecule has 0 heterocycles. The summed E-state index contributed by atoms with van der Waals surface area (Å²) in [6.45, 7) is 1.07. The molecule has 0 aliphatic heterocycles. The van der Waals surface area contributed by atoms with Gasteiger partial charge in [0.05, 0.1) is 15.7 Å². The van der Waals surface area contributed by atoms with Crippen LogP contribution in [0, 0.1) is 10.1 Å². The maximum Gasteiger partial charge on any atom is 0.292 e. The first-order valence-electron chi connectivity index (χ1n) is 7.21. The zero-order valence-electron chi connectivity index (χ0n) is 12.8. The molecule has 0 radical (unpaired) electrons. The van der Waals surface area contributed by atoms with Gasteiger partial charge >= 0.3 is 0 Å². The van der Waals surface area contributed by atoms with Gasteiger partial charge in [-0.2, -0.15) is 0 Å². The van der Waals surface area contributed by atoms with Crippen LogP contribution in [0.4, 0.5) is 11.4 Å². The van der Waals surface area contributed by atoms with E-state index in [0.29, 0.717) is 24.5 Å². The fraction of sp³-hybridized carbons (Fsp3) is 0.250. The van der Waals surface area contributed by atoms with Gasteiger partial charge < -0.3 is 10.6 Å². The molecule has 0 aliphatic rings. The Balaban J connectivity index is 1.86. The number of nitrogens with one attached hydrogen (secondary N) is 2. The van der Waals surface area contributed by atoms with Crippen molar-refractivity contribution in [1.29, 1.82) is 0 Å². The third-order valence-electron chi connectivity index (χ3n) is 3.33. The van der Waals surface area contributed by atoms with E-state index in [4.69, 9.17) is 0 Å². The topological polar surface area (TPSA) is 84.3 Å². The summed E-state index contributed by atoms with van der Waals surface area (Å²) in [5.74, 6) is 0.501. The van der Waals surface area contributed by atoms with Crippen molar-refractivity contribution in [3.63, 3.8) is 0 Å². The molecule has 122 valence electrons. The summed E-state index contributed by atoms with van der Waals surface area (Å²) >= 11 is 0. The van der Waals surface area contributed by atoms with Crippen LogP contribution in [0.15, 0.2) is 53.4 Å². The number of anilines is 1. The number of hydrogen-bond donors (Lipinski definition) is 2. The molecule has 0 saturated heterocycles. The highest BCUT2D eigenvalue weighted by Gasteiger charge is 2.13. The van der Waals surface area contributed by atoms with Crippen LogP contribution in [0.1, 0.15) is 5.56 Å². The molecule has 0 unspecified atom stereocenters. The third-order valence-corrected chi connectivity index (χ3v) is 4.70. The minimum Gasteiger partial charge on any atom is -0.383 e. The number of nitro groups is 1. The van der Waals surface area contributed by atoms with Gasteiger partial charge in [0.15, 0.2) is 0 Å². The molecule has 2 aromatic carbocycles. The zero-order chi connectivity index (χ0) is 16.7. The van der Waals surface area contributed by atoms with Crippen LogP contribution in [-0.4, -0.2) is 28.5 Å². The Morgan fingerprint density at radius 1 is 1.17 bits per heavy atom. The lowest BCUT2D eigenvalue weighted by atomic mass is 10.1. The minimum absolute atomic E-state index is 0.0552. The molecule has 0 saturated carbocycles. The van der Waals surface area contributed by atoms with Crippen LogP contribution in [0.25, 0.3) is 0 Å². The van der Waals surface area contributed by atoms with Crippen molar-refractivity contribution in [2.24, 2.45) is 0 Å². The van der Waals surface area contributed by atoms with Crippen molar-refractivity contribution in [1.82, 2.24) is 5.32 Å². The first kappa shape index (κ1) is 17.1. The Kier molecular flexibility index (Phi) is 6.25. The molecular formula is C16H19N3O3S. The monoisotopic (exact) mass is 333 g/mol. The first-order chi connectivity index (χ1) is 11.1. The second-order valence-corrected chi connectivity index (χ2v) is 6.47. The van der Waals surface area contributed by atoms with Gasteiger partial charge in [0, 0.05) is 36.9 Å². The predicted molar refractivity (Wildman–Crippen MR) is 92.1 cm³/mol. The fourth-order valence-corrected chi connectivity index (χ4v) is 3.16. The van der Waals surface area contributed by atoms with Crippen molar-refractivity contribution in [2.75, 3.05) is 24.7 Å². The Morgan fingerprint density at radius 2 is 1.91 bits per heavy atom. The molecule has 6 nitrogen and oxygen atoms in total. The van der Waals surface area contributed by atoms with E-state index in [9.17, 15) is 14.3 Å². The zero-order valence-corrected chi connectivity index (χ0v) is 13.6. The number of nitrogens with zero attached hydrogens (tertiary/aromatic N) is 1. The van der Waals surface area contributed by atoms with E-state index in [-0.39, 0.29) is 5.69 Å². The smallest absolute Gasteiger partial charge is 0.292 e. The molecule has 7 heteroatoms. The molecule has 0 bridgehead atoms. The summed E-state index contributed by atoms with van der Waals surface area (Å²) < 4.78 is 12.1. The highest BCUT2D eigenvalue weighted by atomic mass is 32.2. The second kappa shape index (κ2) is 8.40. The number of nitro benzene ring substituents is 1. The average molecular weight is 333 g/mol. The summed E-state index contributed by atoms with van der Waals surface area (Å²) in [5.41, 5.74) is 1.37. The third kappa shape index (κ3) is 4.87. The number of benzene rings is 2. The van der Waals surface area contributed by atoms with Crippen LogP contribution in [-0.2, 0) is 17.3 Å². The molecular weight excluding hydrogens is 314 g/mol. The van der Waals surface area contributed by atoms with Crippen LogP contribution in [0.3, 0.4) is 0 Å². The molecule has 0 amide bonds. The number of rotatable bonds is 8. The van der Waals surface area contributed by atoms with E-state index in [1.165, 1.54) is 0 Å². The van der Waals surface area contributed by atoms with E-state index in [1.54, 1.807) is 19.2 Å². The Hall–Kier alpha value is -2.25. The van der Waals surface area contributed by atoms with Crippen molar-refractivity contribution in [2.45, 2.75) is 11.4 Å². The molecule has 0 aliphatic carbocycles. The predicted octanol–water partition coefficient (Wildman–Crippen LogP) is 2.53. The van der Waals surface area contributed by atoms with Gasteiger partial charge in [-0.05, 0) is 23.8 Å². The van der Waals surface area contributed by atoms with Gasteiger partial charge in [-0.3, -0.25) is 14.3 Å². The van der Waals surface area contributed by atoms with Crippen LogP contribution in [0.2, 0.25) is 0 Å². The van der Waals surface area contributed by atoms with Gasteiger partial charge in [-0.25, -0.2) is 0 Å². The van der Waals surface area contributed by atoms with Gasteiger partial charge in [-0.1, -0.05) is 24.3 Å². The molecule has 0 spiro atoms. The molecule has 2 rings (SSSR count). The van der Waals surface area contributed by atoms with Crippen molar-refractivity contribution in [3.05, 3.63) is 64.2 Å². The van der Waals surface area contributed by atoms with Gasteiger partial charge in [0.1, 0.15) is 5.69 Å². The van der Waals surface area contributed by atoms with Crippen LogP contribution in [0.5, 0.6) is 0 Å². The van der Waals surface area contributed by atoms with E-state index in [2.05, 4.69) is 10.6 Å². The standard InChI is InChI=1S/C16H19N3O3S/c1-17-15-8-7-13(11-16(15)19(20)21)12-18-9-10-23(22)14-5-3-2-4-6-14/h2-8,11,17-18H,9-10,12H2,1H3/t23-/m0/s1. The van der Waals surface area contributed by atoms with Crippen LogP contribution >= 0.6 is 0 Å². The lowest BCUT2D eigenvalue weighted by Crippen LogP contribution is -2.20. The molecule has 0 aromatic heterocycles. The fourth-order valence-electron chi connectivity index (χ4n) is 2.14. The highest BCUT2D eigenvalue weighted by molar-refractivity contribution is 7.85. The first-order valence-corrected chi connectivity index (χ1v) is 8.53. The molecule has 2 N–H and O–H groups in total. The maximum atomic E-state index is 12.1. The van der Waals surface area contributed by atoms with E-state index >= 15 is 0 Å². The van der Waals surface area contributed by atoms with E-state index in [1.807, 2.05) is 36.4 Å². The Labute approximate surface area is 137 Å². The van der Waals surface area contributed by atoms with Gasteiger partial charge in [-0.15, -0.1) is 0 Å². The summed E-state index contributed by atoms with van der Waals surface area (Å²) in [6.07, 6.45) is 0. The largest absolute Gasteiger partial charge is 0.383 e. The molecule has 2 aromatic rings. The van der Waals surface area contributed by atoms with E-state index < -0.39 is 15.7 Å². The molecule has 23 heavy (non-hydrogen) atoms. The lowest BCUT2D eigenvalue weighted by molar-refractivity contribution is -0.384. The van der Waals surface area contributed by atoms with Gasteiger partial charge in [0.25, 0.3) is 5.69 Å². The highest BCUT2D eigenvalue weighted by Crippen LogP contribution is 2.24. The Morgan fingerprint density at radius 3 is 2.57 bits per heavy atom. The Bertz CT molecular complexity index is 692. The maximum absolute atomic E-state index is 12.1.